The van der Waals surface area contributed by atoms with E-state index in [1.807, 2.05) is 0 Å². The average Bonchev–Trinajstić information content (AvgIpc) is 2.13. The van der Waals surface area contributed by atoms with Crippen LogP contribution in [0.15, 0.2) is 0 Å². The summed E-state index contributed by atoms with van der Waals surface area (Å²) in [6, 6.07) is 0. The maximum Gasteiger partial charge on any atom is 0.396 e. The summed E-state index contributed by atoms with van der Waals surface area (Å²) in [7, 11) is -4.95. The van der Waals surface area contributed by atoms with Gasteiger partial charge in [0.05, 0.1) is 6.61 Å². The van der Waals surface area contributed by atoms with E-state index in [-0.39, 0.29) is 0 Å². The molecule has 0 aliphatic heterocycles. The number of hydrogen-bond donors (Lipinski definition) is 0. The van der Waals surface area contributed by atoms with Crippen molar-refractivity contribution in [2.24, 2.45) is 5.92 Å². The number of halogens is 4. The topological polar surface area (TPSA) is 49.4 Å². The van der Waals surface area contributed by atoms with Crippen molar-refractivity contribution in [3.8, 4) is 0 Å². The van der Waals surface area contributed by atoms with Gasteiger partial charge in [-0.1, -0.05) is 12.8 Å². The SMILES string of the molecule is O=P([O-])(CC(F)(F)F)OCC1CCCCC1F. The predicted molar refractivity (Wildman–Crippen MR) is 51.3 cm³/mol. The molecule has 0 aromatic carbocycles. The van der Waals surface area contributed by atoms with Crippen molar-refractivity contribution in [3.63, 3.8) is 0 Å². The fourth-order valence-electron chi connectivity index (χ4n) is 1.82. The molecule has 0 heterocycles. The lowest BCUT2D eigenvalue weighted by atomic mass is 9.88. The van der Waals surface area contributed by atoms with Crippen molar-refractivity contribution in [1.82, 2.24) is 0 Å². The monoisotopic (exact) mass is 277 g/mol. The van der Waals surface area contributed by atoms with E-state index >= 15 is 0 Å². The first kappa shape index (κ1) is 14.9. The van der Waals surface area contributed by atoms with Crippen LogP contribution in [-0.4, -0.2) is 25.1 Å². The standard InChI is InChI=1S/C9H15F4O3P/c10-8-4-2-1-3-7(8)5-16-17(14,15)6-9(11,12)13/h7-8H,1-6H2,(H,14,15)/p-1. The van der Waals surface area contributed by atoms with E-state index in [0.29, 0.717) is 12.8 Å². The Labute approximate surface area is 96.7 Å². The highest BCUT2D eigenvalue weighted by Gasteiger charge is 2.34. The van der Waals surface area contributed by atoms with Crippen LogP contribution >= 0.6 is 7.60 Å². The van der Waals surface area contributed by atoms with Crippen molar-refractivity contribution in [1.29, 1.82) is 0 Å². The highest BCUT2D eigenvalue weighted by Crippen LogP contribution is 2.44. The summed E-state index contributed by atoms with van der Waals surface area (Å²) in [4.78, 5) is 11.0. The third-order valence-corrected chi connectivity index (χ3v) is 3.96. The molecule has 0 radical (unpaired) electrons. The van der Waals surface area contributed by atoms with Crippen molar-refractivity contribution in [2.45, 2.75) is 38.0 Å². The first-order valence-corrected chi connectivity index (χ1v) is 7.08. The minimum absolute atomic E-state index is 0.316. The van der Waals surface area contributed by atoms with Crippen molar-refractivity contribution in [3.05, 3.63) is 0 Å². The van der Waals surface area contributed by atoms with Gasteiger partial charge in [-0.25, -0.2) is 4.39 Å². The third-order valence-electron chi connectivity index (χ3n) is 2.67. The fraction of sp³-hybridized carbons (Fsp3) is 1.00. The zero-order valence-electron chi connectivity index (χ0n) is 9.08. The Balaban J connectivity index is 2.40. The summed E-state index contributed by atoms with van der Waals surface area (Å²) in [6.45, 7) is -0.488. The molecule has 1 saturated carbocycles. The van der Waals surface area contributed by atoms with Crippen LogP contribution in [0.25, 0.3) is 0 Å². The Morgan fingerprint density at radius 3 is 2.41 bits per heavy atom. The van der Waals surface area contributed by atoms with Gasteiger partial charge in [0, 0.05) is 5.92 Å². The second-order valence-corrected chi connectivity index (χ2v) is 6.04. The van der Waals surface area contributed by atoms with Gasteiger partial charge in [0.15, 0.2) is 0 Å². The molecule has 102 valence electrons. The van der Waals surface area contributed by atoms with Gasteiger partial charge in [-0.15, -0.1) is 0 Å². The minimum atomic E-state index is -4.95. The molecule has 1 fully saturated rings. The lowest BCUT2D eigenvalue weighted by Crippen LogP contribution is -2.27. The molecule has 0 aromatic heterocycles. The van der Waals surface area contributed by atoms with E-state index < -0.39 is 38.6 Å². The minimum Gasteiger partial charge on any atom is -0.778 e. The summed E-state index contributed by atoms with van der Waals surface area (Å²) in [6.07, 6.45) is -5.77. The molecule has 0 amide bonds. The van der Waals surface area contributed by atoms with E-state index in [9.17, 15) is 27.0 Å². The fourth-order valence-corrected chi connectivity index (χ4v) is 2.77. The largest absolute Gasteiger partial charge is 0.778 e. The average molecular weight is 277 g/mol. The van der Waals surface area contributed by atoms with E-state index in [1.165, 1.54) is 0 Å². The Morgan fingerprint density at radius 2 is 1.88 bits per heavy atom. The van der Waals surface area contributed by atoms with Gasteiger partial charge >= 0.3 is 6.18 Å². The lowest BCUT2D eigenvalue weighted by molar-refractivity contribution is -0.209. The van der Waals surface area contributed by atoms with Gasteiger partial charge in [-0.3, -0.25) is 0 Å². The summed E-state index contributed by atoms with van der Waals surface area (Å²) in [5.74, 6) is -0.612. The van der Waals surface area contributed by atoms with E-state index in [0.717, 1.165) is 12.8 Å². The summed E-state index contributed by atoms with van der Waals surface area (Å²) < 4.78 is 64.1. The predicted octanol–water partition coefficient (Wildman–Crippen LogP) is 2.65. The van der Waals surface area contributed by atoms with Gasteiger partial charge in [0.2, 0.25) is 0 Å². The molecule has 17 heavy (non-hydrogen) atoms. The second-order valence-electron chi connectivity index (χ2n) is 4.24. The number of rotatable bonds is 4. The van der Waals surface area contributed by atoms with E-state index in [1.54, 1.807) is 0 Å². The third kappa shape index (κ3) is 5.84. The first-order chi connectivity index (χ1) is 7.70. The smallest absolute Gasteiger partial charge is 0.396 e. The van der Waals surface area contributed by atoms with Gasteiger partial charge in [-0.2, -0.15) is 13.2 Å². The number of hydrogen-bond acceptors (Lipinski definition) is 3. The molecule has 1 aliphatic rings. The van der Waals surface area contributed by atoms with Crippen LogP contribution in [0.1, 0.15) is 25.7 Å². The Morgan fingerprint density at radius 1 is 1.29 bits per heavy atom. The molecule has 0 aromatic rings. The van der Waals surface area contributed by atoms with Gasteiger partial charge in [-0.05, 0) is 12.8 Å². The first-order valence-electron chi connectivity index (χ1n) is 5.35. The second kappa shape index (κ2) is 5.67. The van der Waals surface area contributed by atoms with Gasteiger partial charge < -0.3 is 14.0 Å². The molecule has 8 heteroatoms. The summed E-state index contributed by atoms with van der Waals surface area (Å²) in [5.41, 5.74) is 0. The molecule has 0 N–H and O–H groups in total. The van der Waals surface area contributed by atoms with Gasteiger partial charge in [0.1, 0.15) is 19.9 Å². The van der Waals surface area contributed by atoms with Crippen LogP contribution < -0.4 is 4.89 Å². The lowest BCUT2D eigenvalue weighted by Gasteiger charge is -2.30. The van der Waals surface area contributed by atoms with Crippen LogP contribution in [0.3, 0.4) is 0 Å². The van der Waals surface area contributed by atoms with E-state index in [2.05, 4.69) is 4.52 Å². The highest BCUT2D eigenvalue weighted by atomic mass is 31.2. The quantitative estimate of drug-likeness (QED) is 0.586. The zero-order valence-corrected chi connectivity index (χ0v) is 9.98. The Kier molecular flexibility index (Phi) is 4.98. The molecule has 3 unspecified atom stereocenters. The maximum atomic E-state index is 13.3. The molecule has 3 atom stereocenters. The molecule has 0 spiro atoms. The molecule has 0 saturated heterocycles. The van der Waals surface area contributed by atoms with Crippen molar-refractivity contribution < 1.29 is 31.5 Å². The molecule has 1 rings (SSSR count). The Bertz CT molecular complexity index is 294. The van der Waals surface area contributed by atoms with Crippen LogP contribution in [-0.2, 0) is 9.09 Å². The van der Waals surface area contributed by atoms with Gasteiger partial charge in [0.25, 0.3) is 0 Å². The summed E-state index contributed by atoms with van der Waals surface area (Å²) in [5, 5.41) is 0. The van der Waals surface area contributed by atoms with Crippen LogP contribution in [0.4, 0.5) is 17.6 Å². The molecule has 1 aliphatic carbocycles. The zero-order chi connectivity index (χ0) is 13.1. The van der Waals surface area contributed by atoms with Crippen LogP contribution in [0.2, 0.25) is 0 Å². The van der Waals surface area contributed by atoms with Crippen LogP contribution in [0, 0.1) is 5.92 Å². The van der Waals surface area contributed by atoms with Crippen LogP contribution in [0.5, 0.6) is 0 Å². The van der Waals surface area contributed by atoms with E-state index in [4.69, 9.17) is 0 Å². The normalized spacial score (nSPS) is 29.9. The number of alkyl halides is 4. The molecule has 0 bridgehead atoms. The van der Waals surface area contributed by atoms with Crippen molar-refractivity contribution >= 4 is 7.60 Å². The molecule has 3 nitrogen and oxygen atoms in total. The molecular weight excluding hydrogens is 263 g/mol. The summed E-state index contributed by atoms with van der Waals surface area (Å²) >= 11 is 0. The van der Waals surface area contributed by atoms with Crippen molar-refractivity contribution in [2.75, 3.05) is 12.8 Å². The highest BCUT2D eigenvalue weighted by molar-refractivity contribution is 7.51. The maximum absolute atomic E-state index is 13.3. The Hall–Kier alpha value is -0.130. The molecular formula is C9H14F4O3P-.